The second-order valence-electron chi connectivity index (χ2n) is 8.20. The average Bonchev–Trinajstić information content (AvgIpc) is 2.88. The predicted octanol–water partition coefficient (Wildman–Crippen LogP) is 4.96. The van der Waals surface area contributed by atoms with E-state index in [0.717, 1.165) is 22.4 Å². The number of carbonyl (C=O) groups is 1. The molecule has 1 atom stereocenters. The van der Waals surface area contributed by atoms with Crippen LogP contribution in [0, 0.1) is 5.41 Å². The van der Waals surface area contributed by atoms with Crippen molar-refractivity contribution in [2.24, 2.45) is 5.73 Å². The summed E-state index contributed by atoms with van der Waals surface area (Å²) >= 11 is -2.27. The van der Waals surface area contributed by atoms with Crippen molar-refractivity contribution < 1.29 is 13.6 Å². The van der Waals surface area contributed by atoms with E-state index in [9.17, 15) is 13.6 Å². The van der Waals surface area contributed by atoms with Gasteiger partial charge in [0, 0.05) is 16.8 Å². The molecule has 1 unspecified atom stereocenters. The van der Waals surface area contributed by atoms with E-state index in [4.69, 9.17) is 11.1 Å². The number of rotatable bonds is 9. The molecular weight excluding hydrogens is 472 g/mol. The summed E-state index contributed by atoms with van der Waals surface area (Å²) in [7, 11) is 0. The first-order valence-corrected chi connectivity index (χ1v) is 12.4. The fourth-order valence-electron chi connectivity index (χ4n) is 3.97. The van der Waals surface area contributed by atoms with Crippen molar-refractivity contribution in [1.82, 2.24) is 0 Å². The summed E-state index contributed by atoms with van der Waals surface area (Å²) in [6, 6.07) is 31.6. The number of carbonyl (C=O) groups excluding carboxylic acids is 1. The summed E-state index contributed by atoms with van der Waals surface area (Å²) in [5, 5.41) is 7.71. The van der Waals surface area contributed by atoms with Crippen LogP contribution in [0.25, 0.3) is 11.1 Å². The van der Waals surface area contributed by atoms with Crippen molar-refractivity contribution in [1.29, 1.82) is 5.41 Å². The van der Waals surface area contributed by atoms with Crippen molar-refractivity contribution >= 4 is 34.4 Å². The van der Waals surface area contributed by atoms with E-state index in [2.05, 4.69) is 4.72 Å². The molecule has 0 aliphatic rings. The topological polar surface area (TPSA) is 120 Å². The van der Waals surface area contributed by atoms with Gasteiger partial charge in [-0.3, -0.25) is 19.5 Å². The highest BCUT2D eigenvalue weighted by Gasteiger charge is 2.18. The second kappa shape index (κ2) is 11.4. The summed E-state index contributed by atoms with van der Waals surface area (Å²) < 4.78 is 23.6. The molecule has 0 spiro atoms. The molecule has 0 aromatic heterocycles. The molecule has 0 bridgehead atoms. The Balaban J connectivity index is 1.64. The first kappa shape index (κ1) is 24.8. The number of hydrogen-bond acceptors (Lipinski definition) is 3. The molecule has 4 aromatic carbocycles. The van der Waals surface area contributed by atoms with Crippen LogP contribution in [0.15, 0.2) is 103 Å². The van der Waals surface area contributed by atoms with Crippen molar-refractivity contribution in [3.63, 3.8) is 0 Å². The fraction of sp³-hybridized carbons (Fsp3) is 0.0714. The zero-order chi connectivity index (χ0) is 25.5. The Hall–Kier alpha value is -4.27. The minimum Gasteiger partial charge on any atom is -0.384 e. The van der Waals surface area contributed by atoms with Gasteiger partial charge in [-0.15, -0.1) is 0 Å². The van der Waals surface area contributed by atoms with Gasteiger partial charge in [0.25, 0.3) is 11.3 Å². The standard InChI is InChI=1S/C28H26N4O3S/c29-28(30)23-11-7-8-21(16-23)19-32(24-12-5-2-6-13-24)27(33)18-20-14-15-25(22-9-3-1-4-10-22)26(17-20)31-36(34)35/h1-17,31H,18-19H2,(H3,29,30)(H,34,35). The highest BCUT2D eigenvalue weighted by atomic mass is 32.2. The van der Waals surface area contributed by atoms with Crippen LogP contribution < -0.4 is 15.4 Å². The van der Waals surface area contributed by atoms with Gasteiger partial charge in [-0.1, -0.05) is 78.9 Å². The molecule has 0 radical (unpaired) electrons. The maximum atomic E-state index is 13.6. The van der Waals surface area contributed by atoms with E-state index in [0.29, 0.717) is 23.4 Å². The Labute approximate surface area is 212 Å². The molecule has 0 aliphatic carbocycles. The van der Waals surface area contributed by atoms with Crippen molar-refractivity contribution in [3.8, 4) is 11.1 Å². The fourth-order valence-corrected chi connectivity index (χ4v) is 4.33. The van der Waals surface area contributed by atoms with Gasteiger partial charge >= 0.3 is 0 Å². The van der Waals surface area contributed by atoms with Crippen molar-refractivity contribution in [2.45, 2.75) is 13.0 Å². The second-order valence-corrected chi connectivity index (χ2v) is 8.91. The summed E-state index contributed by atoms with van der Waals surface area (Å²) in [5.74, 6) is -0.174. The lowest BCUT2D eigenvalue weighted by atomic mass is 10.00. The van der Waals surface area contributed by atoms with Crippen molar-refractivity contribution in [3.05, 3.63) is 120 Å². The van der Waals surface area contributed by atoms with E-state index in [1.165, 1.54) is 0 Å². The predicted molar refractivity (Wildman–Crippen MR) is 145 cm³/mol. The molecule has 4 rings (SSSR count). The first-order chi connectivity index (χ1) is 17.4. The number of anilines is 2. The van der Waals surface area contributed by atoms with Gasteiger partial charge in [-0.05, 0) is 41.0 Å². The molecular formula is C28H26N4O3S. The molecule has 5 N–H and O–H groups in total. The lowest BCUT2D eigenvalue weighted by molar-refractivity contribution is -0.118. The Morgan fingerprint density at radius 1 is 0.889 bits per heavy atom. The Morgan fingerprint density at radius 3 is 2.25 bits per heavy atom. The quantitative estimate of drug-likeness (QED) is 0.148. The Morgan fingerprint density at radius 2 is 1.58 bits per heavy atom. The monoisotopic (exact) mass is 498 g/mol. The number of para-hydroxylation sites is 1. The highest BCUT2D eigenvalue weighted by molar-refractivity contribution is 7.80. The number of benzene rings is 4. The van der Waals surface area contributed by atoms with Crippen LogP contribution in [0.5, 0.6) is 0 Å². The molecule has 1 amide bonds. The molecule has 7 nitrogen and oxygen atoms in total. The van der Waals surface area contributed by atoms with Crippen molar-refractivity contribution in [2.75, 3.05) is 9.62 Å². The zero-order valence-electron chi connectivity index (χ0n) is 19.4. The van der Waals surface area contributed by atoms with Crippen LogP contribution in [-0.4, -0.2) is 20.5 Å². The normalized spacial score (nSPS) is 11.5. The average molecular weight is 499 g/mol. The summed E-state index contributed by atoms with van der Waals surface area (Å²) in [6.45, 7) is 0.303. The largest absolute Gasteiger partial charge is 0.384 e. The van der Waals surface area contributed by atoms with Gasteiger partial charge in [-0.2, -0.15) is 0 Å². The van der Waals surface area contributed by atoms with Crippen LogP contribution in [0.1, 0.15) is 16.7 Å². The zero-order valence-corrected chi connectivity index (χ0v) is 20.2. The van der Waals surface area contributed by atoms with Gasteiger partial charge in [0.1, 0.15) is 5.84 Å². The van der Waals surface area contributed by atoms with E-state index in [1.807, 2.05) is 84.9 Å². The lowest BCUT2D eigenvalue weighted by Gasteiger charge is -2.24. The molecule has 0 aliphatic heterocycles. The highest BCUT2D eigenvalue weighted by Crippen LogP contribution is 2.30. The third-order valence-corrected chi connectivity index (χ3v) is 6.06. The molecule has 0 saturated carbocycles. The maximum Gasteiger partial charge on any atom is 0.259 e. The third kappa shape index (κ3) is 6.24. The number of nitrogens with two attached hydrogens (primary N) is 1. The molecule has 0 fully saturated rings. The first-order valence-electron chi connectivity index (χ1n) is 11.3. The molecule has 0 heterocycles. The Kier molecular flexibility index (Phi) is 7.89. The molecule has 0 saturated heterocycles. The lowest BCUT2D eigenvalue weighted by Crippen LogP contribution is -2.32. The minimum atomic E-state index is -2.27. The molecule has 36 heavy (non-hydrogen) atoms. The molecule has 182 valence electrons. The summed E-state index contributed by atoms with van der Waals surface area (Å²) in [6.07, 6.45) is 0.0864. The number of hydrogen-bond donors (Lipinski definition) is 4. The van der Waals surface area contributed by atoms with E-state index in [1.54, 1.807) is 23.1 Å². The SMILES string of the molecule is N=C(N)c1cccc(CN(C(=O)Cc2ccc(-c3ccccc3)c(NS(=O)O)c2)c2ccccc2)c1. The number of nitrogens with zero attached hydrogens (tertiary/aromatic N) is 1. The summed E-state index contributed by atoms with van der Waals surface area (Å²) in [4.78, 5) is 15.2. The number of amides is 1. The van der Waals surface area contributed by atoms with Gasteiger partial charge in [0.2, 0.25) is 5.91 Å². The minimum absolute atomic E-state index is 0.0331. The maximum absolute atomic E-state index is 13.6. The number of nitrogen functional groups attached to an aromatic ring is 1. The van der Waals surface area contributed by atoms with Gasteiger partial charge in [-0.25, -0.2) is 4.21 Å². The molecule has 4 aromatic rings. The number of amidine groups is 1. The van der Waals surface area contributed by atoms with Crippen LogP contribution >= 0.6 is 0 Å². The third-order valence-electron chi connectivity index (χ3n) is 5.67. The van der Waals surface area contributed by atoms with Gasteiger partial charge < -0.3 is 10.6 Å². The summed E-state index contributed by atoms with van der Waals surface area (Å²) in [5.41, 5.74) is 10.6. The van der Waals surface area contributed by atoms with E-state index in [-0.39, 0.29) is 18.2 Å². The van der Waals surface area contributed by atoms with E-state index < -0.39 is 11.3 Å². The van der Waals surface area contributed by atoms with Crippen LogP contribution in [0.3, 0.4) is 0 Å². The number of nitrogens with one attached hydrogen (secondary N) is 2. The van der Waals surface area contributed by atoms with Crippen LogP contribution in [0.2, 0.25) is 0 Å². The van der Waals surface area contributed by atoms with E-state index >= 15 is 0 Å². The van der Waals surface area contributed by atoms with Crippen LogP contribution in [0.4, 0.5) is 11.4 Å². The Bertz CT molecular complexity index is 1390. The van der Waals surface area contributed by atoms with Gasteiger partial charge in [0.05, 0.1) is 18.7 Å². The van der Waals surface area contributed by atoms with Crippen LogP contribution in [-0.2, 0) is 29.0 Å². The van der Waals surface area contributed by atoms with Gasteiger partial charge in [0.15, 0.2) is 0 Å². The molecule has 8 heteroatoms. The smallest absolute Gasteiger partial charge is 0.259 e.